The lowest BCUT2D eigenvalue weighted by atomic mass is 9.91. The Balaban J connectivity index is 1.33. The summed E-state index contributed by atoms with van der Waals surface area (Å²) < 4.78 is 1.74. The highest BCUT2D eigenvalue weighted by molar-refractivity contribution is 7.18. The number of aryl methyl sites for hydroxylation is 3. The lowest BCUT2D eigenvalue weighted by molar-refractivity contribution is -0.130. The molecule has 0 bridgehead atoms. The van der Waals surface area contributed by atoms with Gasteiger partial charge in [-0.25, -0.2) is 4.98 Å². The Morgan fingerprint density at radius 3 is 2.81 bits per heavy atom. The summed E-state index contributed by atoms with van der Waals surface area (Å²) in [4.78, 5) is 36.2. The number of carbonyl (C=O) groups excluding carboxylic acids is 1. The van der Waals surface area contributed by atoms with Crippen LogP contribution in [0.4, 0.5) is 0 Å². The first kappa shape index (κ1) is 21.6. The van der Waals surface area contributed by atoms with Gasteiger partial charge in [-0.2, -0.15) is 0 Å². The van der Waals surface area contributed by atoms with Crippen LogP contribution in [0.1, 0.15) is 29.3 Å². The van der Waals surface area contributed by atoms with Crippen molar-refractivity contribution in [3.63, 3.8) is 0 Å². The van der Waals surface area contributed by atoms with Gasteiger partial charge in [-0.3, -0.25) is 19.1 Å². The second-order valence-corrected chi connectivity index (χ2v) is 10.3. The zero-order valence-electron chi connectivity index (χ0n) is 18.2. The minimum absolute atomic E-state index is 0.0723. The molecule has 1 amide bonds. The van der Waals surface area contributed by atoms with E-state index in [1.807, 2.05) is 29.2 Å². The zero-order valence-corrected chi connectivity index (χ0v) is 19.8. The number of hydrogen-bond donors (Lipinski definition) is 0. The Bertz CT molecular complexity index is 1210. The van der Waals surface area contributed by atoms with Gasteiger partial charge in [-0.05, 0) is 48.9 Å². The molecule has 1 saturated heterocycles. The van der Waals surface area contributed by atoms with Crippen LogP contribution < -0.4 is 5.56 Å². The van der Waals surface area contributed by atoms with Crippen molar-refractivity contribution in [3.8, 4) is 0 Å². The Morgan fingerprint density at radius 2 is 2.06 bits per heavy atom. The van der Waals surface area contributed by atoms with Crippen LogP contribution >= 0.6 is 22.9 Å². The average molecular weight is 471 g/mol. The first-order valence-corrected chi connectivity index (χ1v) is 12.4. The van der Waals surface area contributed by atoms with Crippen molar-refractivity contribution >= 4 is 39.1 Å². The lowest BCUT2D eigenvalue weighted by Crippen LogP contribution is -2.52. The van der Waals surface area contributed by atoms with Crippen LogP contribution in [0.5, 0.6) is 0 Å². The first-order valence-electron chi connectivity index (χ1n) is 11.2. The maximum absolute atomic E-state index is 13.3. The minimum atomic E-state index is 0.0723. The summed E-state index contributed by atoms with van der Waals surface area (Å²) in [7, 11) is 0. The normalized spacial score (nSPS) is 19.3. The first-order chi connectivity index (χ1) is 15.5. The highest BCUT2D eigenvalue weighted by Gasteiger charge is 2.30. The summed E-state index contributed by atoms with van der Waals surface area (Å²) in [5, 5.41) is 1.53. The molecule has 0 unspecified atom stereocenters. The predicted molar refractivity (Wildman–Crippen MR) is 129 cm³/mol. The predicted octanol–water partition coefficient (Wildman–Crippen LogP) is 3.38. The molecule has 2 aromatic heterocycles. The van der Waals surface area contributed by atoms with Gasteiger partial charge in [0, 0.05) is 55.6 Å². The Labute approximate surface area is 196 Å². The van der Waals surface area contributed by atoms with Gasteiger partial charge >= 0.3 is 0 Å². The molecule has 168 valence electrons. The number of carbonyl (C=O) groups is 1. The number of benzene rings is 1. The number of rotatable bonds is 4. The maximum Gasteiger partial charge on any atom is 0.262 e. The molecular formula is C24H27ClN4O2S. The second kappa shape index (κ2) is 8.96. The quantitative estimate of drug-likeness (QED) is 0.586. The lowest BCUT2D eigenvalue weighted by Gasteiger charge is -2.40. The second-order valence-electron chi connectivity index (χ2n) is 8.75. The molecule has 32 heavy (non-hydrogen) atoms. The largest absolute Gasteiger partial charge is 0.340 e. The van der Waals surface area contributed by atoms with Crippen LogP contribution in [-0.4, -0.2) is 57.5 Å². The molecule has 0 spiro atoms. The molecule has 1 aliphatic heterocycles. The molecule has 0 saturated carbocycles. The molecule has 5 rings (SSSR count). The van der Waals surface area contributed by atoms with Crippen LogP contribution in [0.25, 0.3) is 10.2 Å². The molecule has 6 nitrogen and oxygen atoms in total. The molecule has 1 atom stereocenters. The van der Waals surface area contributed by atoms with Crippen molar-refractivity contribution in [1.29, 1.82) is 0 Å². The molecule has 8 heteroatoms. The van der Waals surface area contributed by atoms with Gasteiger partial charge in [0.25, 0.3) is 5.56 Å². The SMILES string of the molecule is CC(=O)N1CCN([C@H]2CCc3c(sc4ncn(CCc5cccc(Cl)c5)c(=O)c34)C2)CC1. The zero-order chi connectivity index (χ0) is 22.2. The molecule has 1 aliphatic carbocycles. The van der Waals surface area contributed by atoms with Crippen molar-refractivity contribution in [1.82, 2.24) is 19.4 Å². The monoisotopic (exact) mass is 470 g/mol. The van der Waals surface area contributed by atoms with Crippen molar-refractivity contribution in [3.05, 3.63) is 62.0 Å². The number of aromatic nitrogens is 2. The Morgan fingerprint density at radius 1 is 1.25 bits per heavy atom. The van der Waals surface area contributed by atoms with Crippen molar-refractivity contribution < 1.29 is 4.79 Å². The maximum atomic E-state index is 13.3. The summed E-state index contributed by atoms with van der Waals surface area (Å²) in [5.74, 6) is 0.165. The van der Waals surface area contributed by atoms with Gasteiger partial charge in [0.2, 0.25) is 5.91 Å². The van der Waals surface area contributed by atoms with Crippen LogP contribution in [-0.2, 0) is 30.6 Å². The molecule has 2 aliphatic rings. The minimum Gasteiger partial charge on any atom is -0.340 e. The summed E-state index contributed by atoms with van der Waals surface area (Å²) in [6, 6.07) is 8.26. The number of fused-ring (bicyclic) bond motifs is 3. The summed E-state index contributed by atoms with van der Waals surface area (Å²) in [5.41, 5.74) is 2.39. The number of piperazine rings is 1. The van der Waals surface area contributed by atoms with Crippen molar-refractivity contribution in [2.45, 2.75) is 45.2 Å². The Kier molecular flexibility index (Phi) is 6.05. The van der Waals surface area contributed by atoms with Gasteiger partial charge in [0.1, 0.15) is 4.83 Å². The summed E-state index contributed by atoms with van der Waals surface area (Å²) >= 11 is 7.77. The van der Waals surface area contributed by atoms with E-state index < -0.39 is 0 Å². The van der Waals surface area contributed by atoms with E-state index in [0.29, 0.717) is 17.6 Å². The van der Waals surface area contributed by atoms with Crippen LogP contribution in [0, 0.1) is 0 Å². The van der Waals surface area contributed by atoms with E-state index in [4.69, 9.17) is 11.6 Å². The van der Waals surface area contributed by atoms with E-state index in [0.717, 1.165) is 67.6 Å². The molecule has 0 radical (unpaired) electrons. The number of halogens is 1. The average Bonchev–Trinajstić information content (AvgIpc) is 3.17. The molecule has 3 heterocycles. The smallest absolute Gasteiger partial charge is 0.262 e. The molecular weight excluding hydrogens is 444 g/mol. The summed E-state index contributed by atoms with van der Waals surface area (Å²) in [6.07, 6.45) is 5.38. The standard InChI is InChI=1S/C24H27ClN4O2S/c1-16(30)27-9-11-28(12-10-27)19-5-6-20-21(14-19)32-23-22(20)24(31)29(15-26-23)8-7-17-3-2-4-18(25)13-17/h2-4,13,15,19H,5-12,14H2,1H3/t19-/m0/s1. The topological polar surface area (TPSA) is 58.4 Å². The van der Waals surface area contributed by atoms with Crippen LogP contribution in [0.15, 0.2) is 35.4 Å². The molecule has 3 aromatic rings. The van der Waals surface area contributed by atoms with E-state index in [2.05, 4.69) is 9.88 Å². The highest BCUT2D eigenvalue weighted by Crippen LogP contribution is 2.35. The van der Waals surface area contributed by atoms with Crippen molar-refractivity contribution in [2.24, 2.45) is 0 Å². The van der Waals surface area contributed by atoms with E-state index >= 15 is 0 Å². The third kappa shape index (κ3) is 4.21. The molecule has 0 N–H and O–H groups in total. The fraction of sp³-hybridized carbons (Fsp3) is 0.458. The fourth-order valence-corrected chi connectivity index (χ4v) is 6.46. The third-order valence-electron chi connectivity index (χ3n) is 6.82. The van der Waals surface area contributed by atoms with E-state index in [1.165, 1.54) is 10.4 Å². The van der Waals surface area contributed by atoms with E-state index in [1.54, 1.807) is 29.2 Å². The number of thiophene rings is 1. The van der Waals surface area contributed by atoms with Gasteiger partial charge in [0.15, 0.2) is 0 Å². The summed E-state index contributed by atoms with van der Waals surface area (Å²) in [6.45, 7) is 5.72. The van der Waals surface area contributed by atoms with E-state index in [9.17, 15) is 9.59 Å². The molecule has 1 fully saturated rings. The molecule has 1 aromatic carbocycles. The number of nitrogens with zero attached hydrogens (tertiary/aromatic N) is 4. The van der Waals surface area contributed by atoms with Crippen molar-refractivity contribution in [2.75, 3.05) is 26.2 Å². The van der Waals surface area contributed by atoms with Gasteiger partial charge < -0.3 is 4.90 Å². The Hall–Kier alpha value is -2.22. The van der Waals surface area contributed by atoms with E-state index in [-0.39, 0.29) is 11.5 Å². The van der Waals surface area contributed by atoms with Crippen LogP contribution in [0.2, 0.25) is 5.02 Å². The van der Waals surface area contributed by atoms with Gasteiger partial charge in [-0.15, -0.1) is 11.3 Å². The van der Waals surface area contributed by atoms with Gasteiger partial charge in [-0.1, -0.05) is 23.7 Å². The van der Waals surface area contributed by atoms with Crippen LogP contribution in [0.3, 0.4) is 0 Å². The van der Waals surface area contributed by atoms with Gasteiger partial charge in [0.05, 0.1) is 11.7 Å². The fourth-order valence-electron chi connectivity index (χ4n) is 5.00. The highest BCUT2D eigenvalue weighted by atomic mass is 35.5. The number of hydrogen-bond acceptors (Lipinski definition) is 5. The number of amides is 1. The third-order valence-corrected chi connectivity index (χ3v) is 8.21.